The second-order valence-electron chi connectivity index (χ2n) is 7.59. The molecule has 0 saturated carbocycles. The van der Waals surface area contributed by atoms with Crippen molar-refractivity contribution in [3.05, 3.63) is 29.8 Å². The Hall–Kier alpha value is -2.57. The number of nitrogens with zero attached hydrogens (tertiary/aromatic N) is 1. The van der Waals surface area contributed by atoms with Crippen LogP contribution in [0.4, 0.5) is 0 Å². The quantitative estimate of drug-likeness (QED) is 0.722. The number of carbonyl (C=O) groups is 3. The number of methoxy groups -OCH3 is 1. The van der Waals surface area contributed by atoms with Gasteiger partial charge in [-0.3, -0.25) is 9.59 Å². The van der Waals surface area contributed by atoms with E-state index in [0.29, 0.717) is 30.3 Å². The van der Waals surface area contributed by atoms with E-state index in [9.17, 15) is 14.4 Å². The SMILES string of the molecule is COc1ccc(C(=O)N[C@H](C(=O)OCC(=O)N2CCC(C)CC2)C(C)C)cc1. The molecule has 1 aromatic carbocycles. The summed E-state index contributed by atoms with van der Waals surface area (Å²) >= 11 is 0. The minimum atomic E-state index is -0.830. The molecule has 0 radical (unpaired) electrons. The summed E-state index contributed by atoms with van der Waals surface area (Å²) < 4.78 is 10.3. The largest absolute Gasteiger partial charge is 0.497 e. The van der Waals surface area contributed by atoms with Gasteiger partial charge in [0.15, 0.2) is 6.61 Å². The minimum Gasteiger partial charge on any atom is -0.497 e. The molecule has 28 heavy (non-hydrogen) atoms. The van der Waals surface area contributed by atoms with Crippen LogP contribution >= 0.6 is 0 Å². The van der Waals surface area contributed by atoms with Gasteiger partial charge in [0.25, 0.3) is 11.8 Å². The van der Waals surface area contributed by atoms with Gasteiger partial charge in [-0.15, -0.1) is 0 Å². The Kier molecular flexibility index (Phi) is 7.84. The third-order valence-electron chi connectivity index (χ3n) is 5.03. The molecule has 1 N–H and O–H groups in total. The number of esters is 1. The Labute approximate surface area is 166 Å². The normalized spacial score (nSPS) is 15.8. The van der Waals surface area contributed by atoms with Crippen molar-refractivity contribution >= 4 is 17.8 Å². The molecule has 7 heteroatoms. The maximum Gasteiger partial charge on any atom is 0.329 e. The molecule has 0 aromatic heterocycles. The molecule has 154 valence electrons. The third kappa shape index (κ3) is 5.97. The lowest BCUT2D eigenvalue weighted by molar-refractivity contribution is -0.155. The minimum absolute atomic E-state index is 0.180. The van der Waals surface area contributed by atoms with Gasteiger partial charge in [-0.05, 0) is 48.9 Å². The molecule has 0 spiro atoms. The predicted molar refractivity (Wildman–Crippen MR) is 105 cm³/mol. The summed E-state index contributed by atoms with van der Waals surface area (Å²) in [7, 11) is 1.55. The summed E-state index contributed by atoms with van der Waals surface area (Å²) in [5.41, 5.74) is 0.415. The first-order valence-corrected chi connectivity index (χ1v) is 9.71. The van der Waals surface area contributed by atoms with Crippen LogP contribution < -0.4 is 10.1 Å². The maximum absolute atomic E-state index is 12.5. The molecule has 0 aliphatic carbocycles. The highest BCUT2D eigenvalue weighted by Gasteiger charge is 2.28. The average Bonchev–Trinajstić information content (AvgIpc) is 2.70. The molecule has 0 unspecified atom stereocenters. The molecule has 1 aliphatic rings. The molecular formula is C21H30N2O5. The van der Waals surface area contributed by atoms with E-state index in [1.807, 2.05) is 13.8 Å². The zero-order valence-corrected chi connectivity index (χ0v) is 17.1. The van der Waals surface area contributed by atoms with Crippen LogP contribution in [0.15, 0.2) is 24.3 Å². The third-order valence-corrected chi connectivity index (χ3v) is 5.03. The standard InChI is InChI=1S/C21H30N2O5/c1-14(2)19(22-20(25)16-5-7-17(27-4)8-6-16)21(26)28-13-18(24)23-11-9-15(3)10-12-23/h5-8,14-15,19H,9-13H2,1-4H3,(H,22,25)/t19-/m0/s1. The number of rotatable bonds is 7. The van der Waals surface area contributed by atoms with Crippen molar-refractivity contribution in [2.24, 2.45) is 11.8 Å². The average molecular weight is 390 g/mol. The highest BCUT2D eigenvalue weighted by atomic mass is 16.5. The fraction of sp³-hybridized carbons (Fsp3) is 0.571. The number of carbonyl (C=O) groups excluding carboxylic acids is 3. The molecule has 2 amide bonds. The van der Waals surface area contributed by atoms with Crippen LogP contribution in [0.25, 0.3) is 0 Å². The summed E-state index contributed by atoms with van der Waals surface area (Å²) in [6.45, 7) is 6.89. The molecule has 1 saturated heterocycles. The van der Waals surface area contributed by atoms with Gasteiger partial charge in [0.2, 0.25) is 0 Å². The Morgan fingerprint density at radius 1 is 1.14 bits per heavy atom. The number of piperidine rings is 1. The van der Waals surface area contributed by atoms with Crippen LogP contribution in [0.2, 0.25) is 0 Å². The highest BCUT2D eigenvalue weighted by Crippen LogP contribution is 2.16. The van der Waals surface area contributed by atoms with Crippen molar-refractivity contribution in [3.63, 3.8) is 0 Å². The number of benzene rings is 1. The summed E-state index contributed by atoms with van der Waals surface area (Å²) in [6.07, 6.45) is 1.93. The van der Waals surface area contributed by atoms with Crippen molar-refractivity contribution in [3.8, 4) is 5.75 Å². The first kappa shape index (κ1) is 21.7. The molecule has 1 aromatic rings. The van der Waals surface area contributed by atoms with Gasteiger partial charge >= 0.3 is 5.97 Å². The Morgan fingerprint density at radius 3 is 2.29 bits per heavy atom. The zero-order valence-electron chi connectivity index (χ0n) is 17.1. The predicted octanol–water partition coefficient (Wildman–Crippen LogP) is 2.25. The van der Waals surface area contributed by atoms with Crippen molar-refractivity contribution in [1.29, 1.82) is 0 Å². The van der Waals surface area contributed by atoms with E-state index in [2.05, 4.69) is 12.2 Å². The number of ether oxygens (including phenoxy) is 2. The van der Waals surface area contributed by atoms with Crippen molar-refractivity contribution in [2.45, 2.75) is 39.7 Å². The van der Waals surface area contributed by atoms with E-state index in [4.69, 9.17) is 9.47 Å². The Morgan fingerprint density at radius 2 is 1.75 bits per heavy atom. The van der Waals surface area contributed by atoms with E-state index in [1.54, 1.807) is 36.3 Å². The van der Waals surface area contributed by atoms with E-state index >= 15 is 0 Å². The van der Waals surface area contributed by atoms with Gasteiger partial charge in [-0.1, -0.05) is 20.8 Å². The van der Waals surface area contributed by atoms with Gasteiger partial charge in [-0.2, -0.15) is 0 Å². The van der Waals surface area contributed by atoms with Gasteiger partial charge < -0.3 is 19.7 Å². The second-order valence-corrected chi connectivity index (χ2v) is 7.59. The first-order valence-electron chi connectivity index (χ1n) is 9.71. The lowest BCUT2D eigenvalue weighted by atomic mass is 9.99. The van der Waals surface area contributed by atoms with Gasteiger partial charge in [0.1, 0.15) is 11.8 Å². The second kappa shape index (κ2) is 10.1. The lowest BCUT2D eigenvalue weighted by Gasteiger charge is -2.30. The summed E-state index contributed by atoms with van der Waals surface area (Å²) in [4.78, 5) is 38.9. The molecule has 1 atom stereocenters. The summed E-state index contributed by atoms with van der Waals surface area (Å²) in [5.74, 6) is -0.0952. The number of nitrogens with one attached hydrogen (secondary N) is 1. The number of hydrogen-bond acceptors (Lipinski definition) is 5. The Bertz CT molecular complexity index is 679. The fourth-order valence-corrected chi connectivity index (χ4v) is 3.04. The molecular weight excluding hydrogens is 360 g/mol. The number of amides is 2. The molecule has 1 aliphatic heterocycles. The van der Waals surface area contributed by atoms with E-state index < -0.39 is 12.0 Å². The van der Waals surface area contributed by atoms with Crippen LogP contribution in [0.3, 0.4) is 0 Å². The van der Waals surface area contributed by atoms with Crippen LogP contribution in [0, 0.1) is 11.8 Å². The van der Waals surface area contributed by atoms with E-state index in [-0.39, 0.29) is 24.3 Å². The van der Waals surface area contributed by atoms with E-state index in [1.165, 1.54) is 0 Å². The number of hydrogen-bond donors (Lipinski definition) is 1. The smallest absolute Gasteiger partial charge is 0.329 e. The number of likely N-dealkylation sites (tertiary alicyclic amines) is 1. The molecule has 2 rings (SSSR count). The highest BCUT2D eigenvalue weighted by molar-refractivity contribution is 5.97. The molecule has 1 heterocycles. The topological polar surface area (TPSA) is 84.9 Å². The summed E-state index contributed by atoms with van der Waals surface area (Å²) in [5, 5.41) is 2.70. The van der Waals surface area contributed by atoms with Gasteiger partial charge in [0, 0.05) is 18.7 Å². The van der Waals surface area contributed by atoms with Crippen LogP contribution in [0.1, 0.15) is 44.0 Å². The van der Waals surface area contributed by atoms with Crippen LogP contribution in [0.5, 0.6) is 5.75 Å². The summed E-state index contributed by atoms with van der Waals surface area (Å²) in [6, 6.07) is 5.77. The van der Waals surface area contributed by atoms with Crippen molar-refractivity contribution in [2.75, 3.05) is 26.8 Å². The van der Waals surface area contributed by atoms with Crippen LogP contribution in [-0.4, -0.2) is 55.5 Å². The fourth-order valence-electron chi connectivity index (χ4n) is 3.04. The van der Waals surface area contributed by atoms with Gasteiger partial charge in [-0.25, -0.2) is 4.79 Å². The van der Waals surface area contributed by atoms with E-state index in [0.717, 1.165) is 12.8 Å². The maximum atomic E-state index is 12.5. The monoisotopic (exact) mass is 390 g/mol. The molecule has 7 nitrogen and oxygen atoms in total. The zero-order chi connectivity index (χ0) is 20.7. The first-order chi connectivity index (χ1) is 13.3. The van der Waals surface area contributed by atoms with Crippen molar-refractivity contribution < 1.29 is 23.9 Å². The van der Waals surface area contributed by atoms with Gasteiger partial charge in [0.05, 0.1) is 7.11 Å². The Balaban J connectivity index is 1.90. The lowest BCUT2D eigenvalue weighted by Crippen LogP contribution is -2.47. The molecule has 0 bridgehead atoms. The molecule has 1 fully saturated rings. The van der Waals surface area contributed by atoms with Crippen molar-refractivity contribution in [1.82, 2.24) is 10.2 Å². The van der Waals surface area contributed by atoms with Crippen LogP contribution in [-0.2, 0) is 14.3 Å².